The molecular formula is C12H17O5PS. The summed E-state index contributed by atoms with van der Waals surface area (Å²) in [6, 6.07) is 6.42. The maximum Gasteiger partial charge on any atom is 0.377 e. The summed E-state index contributed by atoms with van der Waals surface area (Å²) < 4.78 is 15.3. The standard InChI is InChI=1S/C12H17O5PS/c1-4-15-18(14,19)17-11-8-6-5-7-10(11)12(13)16-9(2)3/h5-9H,4H2,1-3H3,(H,14,19). The van der Waals surface area contributed by atoms with E-state index in [4.69, 9.17) is 25.6 Å². The van der Waals surface area contributed by atoms with Crippen LogP contribution >= 0.6 is 6.72 Å². The van der Waals surface area contributed by atoms with Gasteiger partial charge >= 0.3 is 12.7 Å². The van der Waals surface area contributed by atoms with Crippen LogP contribution in [0.15, 0.2) is 24.3 Å². The van der Waals surface area contributed by atoms with Crippen LogP contribution in [0.3, 0.4) is 0 Å². The Hall–Kier alpha value is -0.940. The van der Waals surface area contributed by atoms with Gasteiger partial charge in [0, 0.05) is 11.8 Å². The van der Waals surface area contributed by atoms with E-state index >= 15 is 0 Å². The molecule has 0 aliphatic rings. The number of hydrogen-bond acceptors (Lipinski definition) is 5. The first-order valence-corrected chi connectivity index (χ1v) is 8.41. The Morgan fingerprint density at radius 1 is 1.42 bits per heavy atom. The van der Waals surface area contributed by atoms with Gasteiger partial charge < -0.3 is 14.2 Å². The SMILES string of the molecule is CCOP(O)(=S)Oc1ccccc1C(=O)OC(C)C. The van der Waals surface area contributed by atoms with Crippen LogP contribution in [0.5, 0.6) is 5.75 Å². The van der Waals surface area contributed by atoms with Crippen LogP contribution in [0.25, 0.3) is 0 Å². The molecule has 0 aromatic heterocycles. The molecule has 1 N–H and O–H groups in total. The van der Waals surface area contributed by atoms with Gasteiger partial charge in [0.2, 0.25) is 0 Å². The number of carbonyl (C=O) groups excluding carboxylic acids is 1. The number of ether oxygens (including phenoxy) is 1. The van der Waals surface area contributed by atoms with Crippen LogP contribution < -0.4 is 4.52 Å². The minimum atomic E-state index is -3.39. The molecule has 1 aromatic rings. The van der Waals surface area contributed by atoms with Crippen LogP contribution in [-0.2, 0) is 21.1 Å². The Kier molecular flexibility index (Phi) is 5.94. The molecule has 1 aromatic carbocycles. The molecule has 5 nitrogen and oxygen atoms in total. The third-order valence-corrected chi connectivity index (χ3v) is 3.51. The average Bonchev–Trinajstić information content (AvgIpc) is 2.27. The minimum absolute atomic E-state index is 0.160. The van der Waals surface area contributed by atoms with E-state index in [2.05, 4.69) is 0 Å². The van der Waals surface area contributed by atoms with Crippen molar-refractivity contribution in [3.8, 4) is 5.75 Å². The van der Waals surface area contributed by atoms with Gasteiger partial charge in [0.1, 0.15) is 11.3 Å². The normalized spacial score (nSPS) is 13.9. The summed E-state index contributed by atoms with van der Waals surface area (Å²) in [4.78, 5) is 21.7. The maximum atomic E-state index is 11.9. The summed E-state index contributed by atoms with van der Waals surface area (Å²) in [5.41, 5.74) is 0.208. The van der Waals surface area contributed by atoms with E-state index in [0.29, 0.717) is 0 Å². The summed E-state index contributed by atoms with van der Waals surface area (Å²) in [5, 5.41) is 0. The molecule has 7 heteroatoms. The lowest BCUT2D eigenvalue weighted by Crippen LogP contribution is -2.12. The second-order valence-electron chi connectivity index (χ2n) is 3.93. The van der Waals surface area contributed by atoms with Crippen LogP contribution in [0.2, 0.25) is 0 Å². The molecule has 0 saturated carbocycles. The van der Waals surface area contributed by atoms with E-state index in [0.717, 1.165) is 0 Å². The molecular weight excluding hydrogens is 287 g/mol. The van der Waals surface area contributed by atoms with Gasteiger partial charge in [-0.3, -0.25) is 4.52 Å². The lowest BCUT2D eigenvalue weighted by Gasteiger charge is -2.18. The van der Waals surface area contributed by atoms with E-state index in [-0.39, 0.29) is 24.0 Å². The van der Waals surface area contributed by atoms with Gasteiger partial charge in [0.25, 0.3) is 0 Å². The molecule has 0 heterocycles. The Labute approximate surface area is 117 Å². The van der Waals surface area contributed by atoms with E-state index in [1.165, 1.54) is 6.07 Å². The van der Waals surface area contributed by atoms with Crippen LogP contribution in [0.1, 0.15) is 31.1 Å². The summed E-state index contributed by atoms with van der Waals surface area (Å²) in [6.07, 6.45) is -0.246. The number of esters is 1. The minimum Gasteiger partial charge on any atom is -0.459 e. The first-order chi connectivity index (χ1) is 8.85. The van der Waals surface area contributed by atoms with Gasteiger partial charge in [-0.2, -0.15) is 0 Å². The number of para-hydroxylation sites is 1. The van der Waals surface area contributed by atoms with Gasteiger partial charge in [0.15, 0.2) is 0 Å². The molecule has 1 rings (SSSR count). The monoisotopic (exact) mass is 304 g/mol. The molecule has 1 unspecified atom stereocenters. The van der Waals surface area contributed by atoms with Gasteiger partial charge in [0.05, 0.1) is 12.7 Å². The number of hydrogen-bond donors (Lipinski definition) is 1. The van der Waals surface area contributed by atoms with Crippen LogP contribution in [-0.4, -0.2) is 23.6 Å². The largest absolute Gasteiger partial charge is 0.459 e. The molecule has 0 saturated heterocycles. The summed E-state index contributed by atoms with van der Waals surface area (Å²) in [5.74, 6) is -0.371. The van der Waals surface area contributed by atoms with Crippen molar-refractivity contribution in [1.29, 1.82) is 0 Å². The van der Waals surface area contributed by atoms with Crippen molar-refractivity contribution in [3.63, 3.8) is 0 Å². The first-order valence-electron chi connectivity index (χ1n) is 5.82. The molecule has 19 heavy (non-hydrogen) atoms. The van der Waals surface area contributed by atoms with Crippen LogP contribution in [0, 0.1) is 0 Å². The second kappa shape index (κ2) is 7.01. The Bertz CT molecular complexity index is 489. The highest BCUT2D eigenvalue weighted by Crippen LogP contribution is 2.45. The van der Waals surface area contributed by atoms with E-state index in [9.17, 15) is 9.69 Å². The zero-order chi connectivity index (χ0) is 14.5. The number of carbonyl (C=O) groups is 1. The molecule has 0 fully saturated rings. The fourth-order valence-electron chi connectivity index (χ4n) is 1.31. The molecule has 0 aliphatic carbocycles. The third-order valence-electron chi connectivity index (χ3n) is 1.96. The third kappa shape index (κ3) is 5.28. The first kappa shape index (κ1) is 16.1. The average molecular weight is 304 g/mol. The zero-order valence-corrected chi connectivity index (χ0v) is 12.7. The Balaban J connectivity index is 2.96. The fraction of sp³-hybridized carbons (Fsp3) is 0.417. The molecule has 0 bridgehead atoms. The quantitative estimate of drug-likeness (QED) is 0.644. The summed E-state index contributed by atoms with van der Waals surface area (Å²) in [6.45, 7) is 2.03. The van der Waals surface area contributed by atoms with Crippen LogP contribution in [0.4, 0.5) is 0 Å². The molecule has 0 radical (unpaired) electrons. The predicted molar refractivity (Wildman–Crippen MR) is 75.8 cm³/mol. The Morgan fingerprint density at radius 3 is 2.63 bits per heavy atom. The van der Waals surface area contributed by atoms with Gasteiger partial charge in [-0.15, -0.1) is 0 Å². The lowest BCUT2D eigenvalue weighted by atomic mass is 10.2. The highest BCUT2D eigenvalue weighted by molar-refractivity contribution is 8.07. The molecule has 106 valence electrons. The van der Waals surface area contributed by atoms with Gasteiger partial charge in [-0.1, -0.05) is 12.1 Å². The van der Waals surface area contributed by atoms with Crippen molar-refractivity contribution in [1.82, 2.24) is 0 Å². The maximum absolute atomic E-state index is 11.9. The topological polar surface area (TPSA) is 65.0 Å². The van der Waals surface area contributed by atoms with E-state index in [1.807, 2.05) is 0 Å². The van der Waals surface area contributed by atoms with Crippen molar-refractivity contribution in [2.75, 3.05) is 6.61 Å². The van der Waals surface area contributed by atoms with Gasteiger partial charge in [-0.25, -0.2) is 4.79 Å². The van der Waals surface area contributed by atoms with Crippen molar-refractivity contribution in [2.45, 2.75) is 26.9 Å². The van der Waals surface area contributed by atoms with Crippen molar-refractivity contribution < 1.29 is 23.5 Å². The zero-order valence-electron chi connectivity index (χ0n) is 11.0. The molecule has 0 amide bonds. The van der Waals surface area contributed by atoms with Crippen molar-refractivity contribution in [2.24, 2.45) is 0 Å². The lowest BCUT2D eigenvalue weighted by molar-refractivity contribution is 0.0376. The highest BCUT2D eigenvalue weighted by Gasteiger charge is 2.21. The molecule has 0 aliphatic heterocycles. The fourth-order valence-corrected chi connectivity index (χ4v) is 2.65. The Morgan fingerprint density at radius 2 is 2.05 bits per heavy atom. The number of benzene rings is 1. The predicted octanol–water partition coefficient (Wildman–Crippen LogP) is 2.88. The summed E-state index contributed by atoms with van der Waals surface area (Å²) in [7, 11) is 0. The number of rotatable bonds is 6. The smallest absolute Gasteiger partial charge is 0.377 e. The molecule has 1 atom stereocenters. The summed E-state index contributed by atoms with van der Waals surface area (Å²) >= 11 is 4.83. The van der Waals surface area contributed by atoms with Gasteiger partial charge in [-0.05, 0) is 32.9 Å². The van der Waals surface area contributed by atoms with E-state index in [1.54, 1.807) is 39.0 Å². The van der Waals surface area contributed by atoms with E-state index < -0.39 is 12.7 Å². The van der Waals surface area contributed by atoms with Crippen molar-refractivity contribution >= 4 is 24.5 Å². The highest BCUT2D eigenvalue weighted by atomic mass is 32.5. The van der Waals surface area contributed by atoms with Crippen molar-refractivity contribution in [3.05, 3.63) is 29.8 Å². The molecule has 0 spiro atoms. The second-order valence-corrected chi connectivity index (χ2v) is 6.69.